The zero-order chi connectivity index (χ0) is 20.0. The van der Waals surface area contributed by atoms with Crippen LogP contribution in [0.25, 0.3) is 10.8 Å². The Labute approximate surface area is 155 Å². The Morgan fingerprint density at radius 3 is 2.44 bits per heavy atom. The van der Waals surface area contributed by atoms with Gasteiger partial charge in [-0.2, -0.15) is 0 Å². The second-order valence-electron chi connectivity index (χ2n) is 5.64. The molecule has 2 aromatic rings. The number of benzene rings is 2. The van der Waals surface area contributed by atoms with Crippen LogP contribution in [0, 0.1) is 0 Å². The minimum absolute atomic E-state index is 0.0729. The second-order valence-corrected chi connectivity index (χ2v) is 7.41. The molecule has 2 rings (SSSR count). The third-order valence-electron chi connectivity index (χ3n) is 3.58. The van der Waals surface area contributed by atoms with E-state index in [2.05, 4.69) is 4.72 Å². The van der Waals surface area contributed by atoms with Crippen LogP contribution in [0.15, 0.2) is 47.4 Å². The highest BCUT2D eigenvalue weighted by molar-refractivity contribution is 7.89. The number of hydrogen-bond donors (Lipinski definition) is 3. The summed E-state index contributed by atoms with van der Waals surface area (Å²) in [4.78, 5) is 33.7. The van der Waals surface area contributed by atoms with Gasteiger partial charge in [-0.15, -0.1) is 0 Å². The molecule has 0 heterocycles. The molecule has 0 fully saturated rings. The molecule has 0 aromatic heterocycles. The van der Waals surface area contributed by atoms with Crippen molar-refractivity contribution in [3.05, 3.63) is 42.5 Å². The lowest BCUT2D eigenvalue weighted by Gasteiger charge is -2.12. The van der Waals surface area contributed by atoms with Gasteiger partial charge in [0.2, 0.25) is 10.0 Å². The Morgan fingerprint density at radius 1 is 1.11 bits per heavy atom. The Bertz CT molecular complexity index is 974. The van der Waals surface area contributed by atoms with Gasteiger partial charge in [-0.1, -0.05) is 30.3 Å². The number of primary amides is 1. The summed E-state index contributed by atoms with van der Waals surface area (Å²) in [5.41, 5.74) is 4.79. The number of rotatable bonds is 7. The van der Waals surface area contributed by atoms with Crippen LogP contribution in [-0.2, 0) is 24.3 Å². The fraction of sp³-hybridized carbons (Fsp3) is 0.235. The first-order chi connectivity index (χ1) is 12.7. The summed E-state index contributed by atoms with van der Waals surface area (Å²) in [5, 5.41) is 3.45. The van der Waals surface area contributed by atoms with Gasteiger partial charge in [-0.3, -0.25) is 14.9 Å². The van der Waals surface area contributed by atoms with Crippen molar-refractivity contribution in [2.45, 2.75) is 24.3 Å². The summed E-state index contributed by atoms with van der Waals surface area (Å²) in [6.07, 6.45) is -1.52. The molecule has 0 radical (unpaired) electrons. The Kier molecular flexibility index (Phi) is 6.48. The van der Waals surface area contributed by atoms with Gasteiger partial charge in [0, 0.05) is 6.54 Å². The lowest BCUT2D eigenvalue weighted by Crippen LogP contribution is -2.42. The van der Waals surface area contributed by atoms with Crippen LogP contribution >= 0.6 is 0 Å². The number of urea groups is 1. The third kappa shape index (κ3) is 5.76. The van der Waals surface area contributed by atoms with Crippen molar-refractivity contribution in [2.24, 2.45) is 5.73 Å². The number of hydrogen-bond acceptors (Lipinski definition) is 6. The highest BCUT2D eigenvalue weighted by Crippen LogP contribution is 2.18. The molecule has 144 valence electrons. The van der Waals surface area contributed by atoms with E-state index in [1.807, 2.05) is 12.1 Å². The van der Waals surface area contributed by atoms with Gasteiger partial charge in [0.25, 0.3) is 5.91 Å². The molecule has 0 saturated carbocycles. The van der Waals surface area contributed by atoms with E-state index in [-0.39, 0.29) is 17.9 Å². The zero-order valence-electron chi connectivity index (χ0n) is 14.5. The zero-order valence-corrected chi connectivity index (χ0v) is 15.3. The monoisotopic (exact) mass is 393 g/mol. The van der Waals surface area contributed by atoms with Gasteiger partial charge in [0.1, 0.15) is 0 Å². The van der Waals surface area contributed by atoms with E-state index in [0.29, 0.717) is 0 Å². The van der Waals surface area contributed by atoms with Crippen molar-refractivity contribution in [1.82, 2.24) is 10.0 Å². The molecule has 0 aliphatic rings. The lowest BCUT2D eigenvalue weighted by atomic mass is 10.1. The third-order valence-corrected chi connectivity index (χ3v) is 5.03. The highest BCUT2D eigenvalue weighted by Gasteiger charge is 2.20. The summed E-state index contributed by atoms with van der Waals surface area (Å²) in [6, 6.07) is 11.0. The fourth-order valence-corrected chi connectivity index (χ4v) is 3.30. The van der Waals surface area contributed by atoms with Gasteiger partial charge in [-0.25, -0.2) is 17.9 Å². The van der Waals surface area contributed by atoms with Crippen LogP contribution in [0.3, 0.4) is 0 Å². The molecule has 0 bridgehead atoms. The molecule has 4 N–H and O–H groups in total. The number of ether oxygens (including phenoxy) is 1. The number of carbonyl (C=O) groups excluding carboxylic acids is 3. The highest BCUT2D eigenvalue weighted by atomic mass is 32.2. The van der Waals surface area contributed by atoms with Crippen LogP contribution in [0.4, 0.5) is 4.79 Å². The van der Waals surface area contributed by atoms with Crippen molar-refractivity contribution in [3.8, 4) is 0 Å². The van der Waals surface area contributed by atoms with E-state index in [0.717, 1.165) is 10.8 Å². The molecular weight excluding hydrogens is 374 g/mol. The Hall–Kier alpha value is -2.98. The molecule has 9 nitrogen and oxygen atoms in total. The maximum absolute atomic E-state index is 12.3. The molecular formula is C17H19N3O6S. The van der Waals surface area contributed by atoms with Gasteiger partial charge < -0.3 is 10.5 Å². The van der Waals surface area contributed by atoms with Gasteiger partial charge >= 0.3 is 12.0 Å². The molecule has 0 aliphatic heterocycles. The minimum atomic E-state index is -3.81. The minimum Gasteiger partial charge on any atom is -0.452 e. The largest absolute Gasteiger partial charge is 0.452 e. The number of esters is 1. The van der Waals surface area contributed by atoms with E-state index in [4.69, 9.17) is 10.5 Å². The average Bonchev–Trinajstić information content (AvgIpc) is 2.60. The molecule has 2 aromatic carbocycles. The standard InChI is InChI=1S/C17H19N3O6S/c1-11(16(22)20-17(18)23)26-15(21)8-9-19-27(24,25)14-7-6-12-4-2-3-5-13(12)10-14/h2-7,10-11,19H,8-9H2,1H3,(H3,18,20,22,23)/t11-/m0/s1. The normalized spacial score (nSPS) is 12.3. The quantitative estimate of drug-likeness (QED) is 0.589. The molecule has 27 heavy (non-hydrogen) atoms. The number of fused-ring (bicyclic) bond motifs is 1. The summed E-state index contributed by atoms with van der Waals surface area (Å²) in [7, 11) is -3.81. The summed E-state index contributed by atoms with van der Waals surface area (Å²) in [6.45, 7) is 1.05. The number of nitrogens with two attached hydrogens (primary N) is 1. The first-order valence-corrected chi connectivity index (χ1v) is 9.45. The summed E-state index contributed by atoms with van der Waals surface area (Å²) >= 11 is 0. The number of nitrogens with one attached hydrogen (secondary N) is 2. The molecule has 3 amide bonds. The molecule has 0 aliphatic carbocycles. The predicted molar refractivity (Wildman–Crippen MR) is 97.0 cm³/mol. The summed E-state index contributed by atoms with van der Waals surface area (Å²) < 4.78 is 31.8. The second kappa shape index (κ2) is 8.60. The van der Waals surface area contributed by atoms with Crippen molar-refractivity contribution in [3.63, 3.8) is 0 Å². The topological polar surface area (TPSA) is 145 Å². The van der Waals surface area contributed by atoms with E-state index in [9.17, 15) is 22.8 Å². The molecule has 0 unspecified atom stereocenters. The van der Waals surface area contributed by atoms with Crippen LogP contribution in [0.5, 0.6) is 0 Å². The Balaban J connectivity index is 1.90. The van der Waals surface area contributed by atoms with Crippen molar-refractivity contribution in [1.29, 1.82) is 0 Å². The van der Waals surface area contributed by atoms with E-state index in [1.54, 1.807) is 23.5 Å². The maximum atomic E-state index is 12.3. The number of carbonyl (C=O) groups is 3. The number of amides is 3. The SMILES string of the molecule is C[C@H](OC(=O)CCNS(=O)(=O)c1ccc2ccccc2c1)C(=O)NC(N)=O. The molecule has 10 heteroatoms. The van der Waals surface area contributed by atoms with Crippen molar-refractivity contribution < 1.29 is 27.5 Å². The maximum Gasteiger partial charge on any atom is 0.318 e. The number of sulfonamides is 1. The fourth-order valence-electron chi connectivity index (χ4n) is 2.24. The van der Waals surface area contributed by atoms with E-state index < -0.39 is 34.0 Å². The molecule has 1 atom stereocenters. The van der Waals surface area contributed by atoms with Crippen LogP contribution in [-0.4, -0.2) is 39.0 Å². The van der Waals surface area contributed by atoms with Crippen molar-refractivity contribution in [2.75, 3.05) is 6.54 Å². The molecule has 0 spiro atoms. The lowest BCUT2D eigenvalue weighted by molar-refractivity contribution is -0.154. The predicted octanol–water partition coefficient (Wildman–Crippen LogP) is 0.635. The van der Waals surface area contributed by atoms with E-state index >= 15 is 0 Å². The average molecular weight is 393 g/mol. The number of imide groups is 1. The van der Waals surface area contributed by atoms with E-state index in [1.165, 1.54) is 19.1 Å². The van der Waals surface area contributed by atoms with Crippen LogP contribution in [0.1, 0.15) is 13.3 Å². The van der Waals surface area contributed by atoms with Crippen molar-refractivity contribution >= 4 is 38.7 Å². The Morgan fingerprint density at radius 2 is 1.78 bits per heavy atom. The first-order valence-electron chi connectivity index (χ1n) is 7.97. The summed E-state index contributed by atoms with van der Waals surface area (Å²) in [5.74, 6) is -1.67. The van der Waals surface area contributed by atoms with Crippen LogP contribution < -0.4 is 15.8 Å². The van der Waals surface area contributed by atoms with Gasteiger partial charge in [-0.05, 0) is 29.8 Å². The molecule has 0 saturated heterocycles. The first kappa shape index (κ1) is 20.3. The van der Waals surface area contributed by atoms with Crippen LogP contribution in [0.2, 0.25) is 0 Å². The van der Waals surface area contributed by atoms with Gasteiger partial charge in [0.15, 0.2) is 6.10 Å². The smallest absolute Gasteiger partial charge is 0.318 e. The van der Waals surface area contributed by atoms with Gasteiger partial charge in [0.05, 0.1) is 11.3 Å².